The van der Waals surface area contributed by atoms with E-state index in [1.54, 1.807) is 0 Å². The molecule has 1 atom stereocenters. The van der Waals surface area contributed by atoms with Crippen LogP contribution in [0, 0.1) is 34.9 Å². The van der Waals surface area contributed by atoms with Crippen LogP contribution in [0.15, 0.2) is 12.1 Å². The zero-order valence-electron chi connectivity index (χ0n) is 17.2. The fourth-order valence-electron chi connectivity index (χ4n) is 3.22. The van der Waals surface area contributed by atoms with E-state index in [1.807, 2.05) is 0 Å². The molecule has 2 aromatic carbocycles. The number of rotatable bonds is 6. The zero-order chi connectivity index (χ0) is 26.4. The van der Waals surface area contributed by atoms with Gasteiger partial charge in [0.25, 0.3) is 0 Å². The summed E-state index contributed by atoms with van der Waals surface area (Å²) in [6.07, 6.45) is -5.21. The highest BCUT2D eigenvalue weighted by molar-refractivity contribution is 6.06. The molecule has 1 aliphatic rings. The molecule has 35 heavy (non-hydrogen) atoms. The van der Waals surface area contributed by atoms with Crippen LogP contribution in [0.25, 0.3) is 11.1 Å². The number of aliphatic carboxylic acids is 1. The van der Waals surface area contributed by atoms with Gasteiger partial charge in [0.2, 0.25) is 11.7 Å². The Morgan fingerprint density at radius 2 is 1.57 bits per heavy atom. The predicted molar refractivity (Wildman–Crippen MR) is 99.4 cm³/mol. The number of anilines is 1. The van der Waals surface area contributed by atoms with Crippen LogP contribution in [0.4, 0.5) is 40.8 Å². The molecule has 1 heterocycles. The van der Waals surface area contributed by atoms with Crippen molar-refractivity contribution >= 4 is 23.5 Å². The quantitative estimate of drug-likeness (QED) is 0.351. The van der Waals surface area contributed by atoms with Crippen molar-refractivity contribution in [1.29, 1.82) is 0 Å². The molecule has 2 aromatic rings. The van der Waals surface area contributed by atoms with Crippen LogP contribution >= 0.6 is 0 Å². The second kappa shape index (κ2) is 9.03. The van der Waals surface area contributed by atoms with Gasteiger partial charge in [-0.3, -0.25) is 19.3 Å². The summed E-state index contributed by atoms with van der Waals surface area (Å²) >= 11 is 0. The van der Waals surface area contributed by atoms with Gasteiger partial charge in [-0.15, -0.1) is 0 Å². The molecular weight excluding hydrogens is 500 g/mol. The number of hydrogen-bond donors (Lipinski definition) is 2. The summed E-state index contributed by atoms with van der Waals surface area (Å²) in [5.41, 5.74) is -3.94. The lowest BCUT2D eigenvalue weighted by Gasteiger charge is -2.36. The van der Waals surface area contributed by atoms with Crippen LogP contribution < -0.4 is 15.0 Å². The van der Waals surface area contributed by atoms with E-state index >= 15 is 0 Å². The zero-order valence-corrected chi connectivity index (χ0v) is 17.2. The molecule has 0 aromatic heterocycles. The van der Waals surface area contributed by atoms with Crippen molar-refractivity contribution in [1.82, 2.24) is 5.32 Å². The van der Waals surface area contributed by atoms with Crippen molar-refractivity contribution in [3.63, 3.8) is 0 Å². The predicted octanol–water partition coefficient (Wildman–Crippen LogP) is 3.49. The smallest absolute Gasteiger partial charge is 0.481 e. The van der Waals surface area contributed by atoms with Crippen molar-refractivity contribution in [3.05, 3.63) is 47.0 Å². The van der Waals surface area contributed by atoms with Gasteiger partial charge in [0.1, 0.15) is 11.9 Å². The molecule has 3 rings (SSSR count). The minimum absolute atomic E-state index is 0.0594. The summed E-state index contributed by atoms with van der Waals surface area (Å²) in [4.78, 5) is 35.3. The summed E-state index contributed by atoms with van der Waals surface area (Å²) in [5.74, 6) is -19.8. The second-order valence-electron chi connectivity index (χ2n) is 7.15. The molecule has 0 radical (unpaired) electrons. The van der Waals surface area contributed by atoms with Gasteiger partial charge in [-0.2, -0.15) is 8.78 Å². The molecule has 1 aliphatic heterocycles. The third-order valence-corrected chi connectivity index (χ3v) is 4.90. The topological polar surface area (TPSA) is 95.9 Å². The largest absolute Gasteiger partial charge is 0.483 e. The number of nitrogens with zero attached hydrogens (tertiary/aromatic N) is 1. The normalized spacial score (nSPS) is 15.3. The number of halogens is 8. The van der Waals surface area contributed by atoms with Crippen LogP contribution in [0.3, 0.4) is 0 Å². The number of nitrogens with one attached hydrogen (secondary N) is 1. The van der Waals surface area contributed by atoms with Crippen molar-refractivity contribution in [3.8, 4) is 16.9 Å². The Morgan fingerprint density at radius 1 is 1.03 bits per heavy atom. The summed E-state index contributed by atoms with van der Waals surface area (Å²) in [5, 5.41) is 10.7. The second-order valence-corrected chi connectivity index (χ2v) is 7.15. The molecule has 7 nitrogen and oxygen atoms in total. The molecule has 0 spiro atoms. The van der Waals surface area contributed by atoms with Gasteiger partial charge in [-0.1, -0.05) is 0 Å². The first kappa shape index (κ1) is 25.7. The first-order valence-electron chi connectivity index (χ1n) is 9.44. The molecule has 0 bridgehead atoms. The lowest BCUT2D eigenvalue weighted by Crippen LogP contribution is -2.57. The average molecular weight is 512 g/mol. The molecule has 0 saturated heterocycles. The third-order valence-electron chi connectivity index (χ3n) is 4.90. The van der Waals surface area contributed by atoms with E-state index in [4.69, 9.17) is 5.11 Å². The molecule has 0 fully saturated rings. The van der Waals surface area contributed by atoms with Crippen LogP contribution in [0.5, 0.6) is 5.75 Å². The number of hydrogen-bond acceptors (Lipinski definition) is 4. The van der Waals surface area contributed by atoms with E-state index in [9.17, 15) is 49.5 Å². The van der Waals surface area contributed by atoms with E-state index in [0.717, 1.165) is 6.92 Å². The Hall–Kier alpha value is -3.91. The number of alkyl halides is 2. The minimum Gasteiger partial charge on any atom is -0.481 e. The van der Waals surface area contributed by atoms with Crippen LogP contribution in [-0.4, -0.2) is 41.6 Å². The molecular formula is C20H12F8N2O5. The van der Waals surface area contributed by atoms with Crippen LogP contribution in [-0.2, 0) is 14.4 Å². The van der Waals surface area contributed by atoms with E-state index in [0.29, 0.717) is 6.07 Å². The monoisotopic (exact) mass is 512 g/mol. The molecule has 2 N–H and O–H groups in total. The standard InChI is InChI=1S/C20H12F8N2O5/c1-6(18(33)29-3-2-11(31)32)30-9-4-7(8(21)5-10(9)35-20(27,28)19(30)34)12-13(22)15(24)17(26)16(25)14(12)23/h4-6H,2-3H2,1H3,(H,29,33)(H,31,32)/t6-/m0/s1. The van der Waals surface area contributed by atoms with Gasteiger partial charge in [0.05, 0.1) is 17.7 Å². The minimum atomic E-state index is -4.64. The van der Waals surface area contributed by atoms with E-state index in [2.05, 4.69) is 10.1 Å². The number of carbonyl (C=O) groups excluding carboxylic acids is 2. The Morgan fingerprint density at radius 3 is 2.11 bits per heavy atom. The average Bonchev–Trinajstić information content (AvgIpc) is 2.77. The van der Waals surface area contributed by atoms with Crippen molar-refractivity contribution in [2.75, 3.05) is 11.4 Å². The maximum atomic E-state index is 14.6. The Labute approximate surface area is 189 Å². The number of amides is 2. The van der Waals surface area contributed by atoms with E-state index in [-0.39, 0.29) is 11.0 Å². The van der Waals surface area contributed by atoms with E-state index in [1.165, 1.54) is 0 Å². The SMILES string of the molecule is C[C@@H](C(=O)NCCC(=O)O)N1C(=O)C(F)(F)Oc2cc(F)c(-c3c(F)c(F)c(F)c(F)c3F)cc21. The molecule has 0 saturated carbocycles. The number of carbonyl (C=O) groups is 3. The fraction of sp³-hybridized carbons (Fsp3) is 0.250. The highest BCUT2D eigenvalue weighted by Crippen LogP contribution is 2.45. The Kier molecular flexibility index (Phi) is 6.64. The summed E-state index contributed by atoms with van der Waals surface area (Å²) in [6, 6.07) is -1.43. The number of carboxylic acid groups (broad SMARTS) is 1. The summed E-state index contributed by atoms with van der Waals surface area (Å²) in [6.45, 7) is 0.431. The van der Waals surface area contributed by atoms with Gasteiger partial charge in [0.15, 0.2) is 29.0 Å². The van der Waals surface area contributed by atoms with Crippen molar-refractivity contribution in [2.45, 2.75) is 25.5 Å². The molecule has 15 heteroatoms. The Balaban J connectivity index is 2.17. The summed E-state index contributed by atoms with van der Waals surface area (Å²) < 4.78 is 116. The van der Waals surface area contributed by atoms with Gasteiger partial charge in [0, 0.05) is 18.2 Å². The molecule has 188 valence electrons. The molecule has 0 unspecified atom stereocenters. The number of benzene rings is 2. The lowest BCUT2D eigenvalue weighted by atomic mass is 10.00. The van der Waals surface area contributed by atoms with Gasteiger partial charge >= 0.3 is 18.0 Å². The number of carboxylic acids is 1. The van der Waals surface area contributed by atoms with Crippen LogP contribution in [0.1, 0.15) is 13.3 Å². The third kappa shape index (κ3) is 4.44. The fourth-order valence-corrected chi connectivity index (χ4v) is 3.22. The van der Waals surface area contributed by atoms with Gasteiger partial charge < -0.3 is 15.2 Å². The maximum absolute atomic E-state index is 14.6. The Bertz CT molecular complexity index is 1220. The lowest BCUT2D eigenvalue weighted by molar-refractivity contribution is -0.193. The van der Waals surface area contributed by atoms with Gasteiger partial charge in [-0.05, 0) is 13.0 Å². The molecule has 2 amide bonds. The number of ether oxygens (including phenoxy) is 1. The van der Waals surface area contributed by atoms with Crippen molar-refractivity contribution < 1.29 is 59.4 Å². The maximum Gasteiger partial charge on any atom is 0.483 e. The number of fused-ring (bicyclic) bond motifs is 1. The van der Waals surface area contributed by atoms with Crippen molar-refractivity contribution in [2.24, 2.45) is 0 Å². The highest BCUT2D eigenvalue weighted by atomic mass is 19.3. The molecule has 0 aliphatic carbocycles. The van der Waals surface area contributed by atoms with E-state index < -0.39 is 100 Å². The first-order valence-corrected chi connectivity index (χ1v) is 9.44. The van der Waals surface area contributed by atoms with Gasteiger partial charge in [-0.25, -0.2) is 26.3 Å². The highest BCUT2D eigenvalue weighted by Gasteiger charge is 2.53. The first-order chi connectivity index (χ1) is 16.2. The summed E-state index contributed by atoms with van der Waals surface area (Å²) in [7, 11) is 0. The van der Waals surface area contributed by atoms with Crippen LogP contribution in [0.2, 0.25) is 0 Å².